The molecule has 0 atom stereocenters. The molecule has 6 rings (SSSR count). The van der Waals surface area contributed by atoms with Gasteiger partial charge in [0, 0.05) is 49.3 Å². The molecule has 3 heterocycles. The summed E-state index contributed by atoms with van der Waals surface area (Å²) in [6.45, 7) is 31.9. The molecule has 0 unspecified atom stereocenters. The fraction of sp³-hybridized carbons (Fsp3) is 0.426. The van der Waals surface area contributed by atoms with Crippen LogP contribution in [0.1, 0.15) is 133 Å². The van der Waals surface area contributed by atoms with Crippen molar-refractivity contribution >= 4 is 0 Å². The lowest BCUT2D eigenvalue weighted by Gasteiger charge is -2.23. The van der Waals surface area contributed by atoms with Crippen molar-refractivity contribution in [3.8, 4) is 56.7 Å². The molecule has 290 valence electrons. The third kappa shape index (κ3) is 8.88. The number of benzene rings is 3. The summed E-state index contributed by atoms with van der Waals surface area (Å²) < 4.78 is 0. The van der Waals surface area contributed by atoms with Crippen molar-refractivity contribution in [3.05, 3.63) is 102 Å². The second-order valence-electron chi connectivity index (χ2n) is 19.9. The molecule has 0 spiro atoms. The van der Waals surface area contributed by atoms with Crippen LogP contribution < -0.4 is 0 Å². The van der Waals surface area contributed by atoms with Gasteiger partial charge >= 0.3 is 0 Å². The van der Waals surface area contributed by atoms with E-state index in [9.17, 15) is 0 Å². The van der Waals surface area contributed by atoms with E-state index in [1.807, 2.05) is 36.4 Å². The van der Waals surface area contributed by atoms with Crippen LogP contribution in [0, 0.1) is 0 Å². The third-order valence-corrected chi connectivity index (χ3v) is 9.24. The van der Waals surface area contributed by atoms with Gasteiger partial charge < -0.3 is 0 Å². The minimum Gasteiger partial charge on any atom is -0.217 e. The summed E-state index contributed by atoms with van der Waals surface area (Å²) in [6, 6.07) is 24.8. The molecule has 6 aromatic rings. The Bertz CT molecular complexity index is 2320. The van der Waals surface area contributed by atoms with Crippen LogP contribution in [0.2, 0.25) is 0 Å². The average molecular weight is 748 g/mol. The highest BCUT2D eigenvalue weighted by atomic mass is 15.1. The van der Waals surface area contributed by atoms with Gasteiger partial charge in [-0.25, -0.2) is 44.9 Å². The monoisotopic (exact) mass is 747 g/mol. The molecular weight excluding hydrogens is 691 g/mol. The molecule has 0 amide bonds. The molecule has 0 saturated heterocycles. The van der Waals surface area contributed by atoms with E-state index < -0.39 is 0 Å². The first-order chi connectivity index (χ1) is 25.9. The molecule has 0 aliphatic heterocycles. The molecule has 0 fully saturated rings. The minimum atomic E-state index is -0.346. The SMILES string of the molecule is CC(C)(C)c1nc(-c2cccc(-c3nc(C(C)(C)C)nc(C(C)(C)C)n3)c2)nc(-c2ccc(-c3nc(C(C)(C)C)nc(C(C)(C)C)n3)c(-c3ccccc3)c2)n1. The molecule has 3 aromatic heterocycles. The van der Waals surface area contributed by atoms with Gasteiger partial charge in [-0.05, 0) is 29.3 Å². The van der Waals surface area contributed by atoms with Crippen LogP contribution in [-0.4, -0.2) is 44.9 Å². The smallest absolute Gasteiger partial charge is 0.164 e. The molecule has 0 aliphatic carbocycles. The van der Waals surface area contributed by atoms with E-state index in [0.29, 0.717) is 29.1 Å². The predicted octanol–water partition coefficient (Wildman–Crippen LogP) is 11.1. The van der Waals surface area contributed by atoms with E-state index in [1.165, 1.54) is 0 Å². The van der Waals surface area contributed by atoms with Crippen molar-refractivity contribution < 1.29 is 0 Å². The largest absolute Gasteiger partial charge is 0.217 e. The van der Waals surface area contributed by atoms with Crippen molar-refractivity contribution in [2.24, 2.45) is 0 Å². The highest BCUT2D eigenvalue weighted by Gasteiger charge is 2.28. The molecule has 0 bridgehead atoms. The Morgan fingerprint density at radius 3 is 1.02 bits per heavy atom. The van der Waals surface area contributed by atoms with Gasteiger partial charge in [-0.2, -0.15) is 0 Å². The fourth-order valence-corrected chi connectivity index (χ4v) is 5.84. The van der Waals surface area contributed by atoms with Gasteiger partial charge in [-0.15, -0.1) is 0 Å². The summed E-state index contributed by atoms with van der Waals surface area (Å²) in [5.74, 6) is 6.17. The van der Waals surface area contributed by atoms with Crippen molar-refractivity contribution in [2.75, 3.05) is 0 Å². The Labute approximate surface area is 333 Å². The van der Waals surface area contributed by atoms with E-state index in [0.717, 1.165) is 56.7 Å². The molecule has 3 aromatic carbocycles. The summed E-state index contributed by atoms with van der Waals surface area (Å²) in [6.07, 6.45) is 0. The Kier molecular flexibility index (Phi) is 10.3. The van der Waals surface area contributed by atoms with Gasteiger partial charge in [0.1, 0.15) is 29.1 Å². The summed E-state index contributed by atoms with van der Waals surface area (Å²) in [7, 11) is 0. The molecular formula is C47H57N9. The van der Waals surface area contributed by atoms with Crippen LogP contribution in [0.4, 0.5) is 0 Å². The number of aromatic nitrogens is 9. The van der Waals surface area contributed by atoms with Crippen LogP contribution in [0.25, 0.3) is 56.7 Å². The molecule has 0 N–H and O–H groups in total. The van der Waals surface area contributed by atoms with E-state index in [1.54, 1.807) is 0 Å². The maximum absolute atomic E-state index is 5.15. The lowest BCUT2D eigenvalue weighted by atomic mass is 9.92. The van der Waals surface area contributed by atoms with Gasteiger partial charge in [-0.1, -0.05) is 158 Å². The zero-order valence-electron chi connectivity index (χ0n) is 36.0. The van der Waals surface area contributed by atoms with Crippen LogP contribution in [0.5, 0.6) is 0 Å². The molecule has 0 aliphatic rings. The second kappa shape index (κ2) is 14.3. The highest BCUT2D eigenvalue weighted by molar-refractivity contribution is 5.84. The Morgan fingerprint density at radius 2 is 0.607 bits per heavy atom. The molecule has 9 heteroatoms. The topological polar surface area (TPSA) is 116 Å². The van der Waals surface area contributed by atoms with E-state index >= 15 is 0 Å². The molecule has 0 radical (unpaired) electrons. The number of hydrogen-bond acceptors (Lipinski definition) is 9. The van der Waals surface area contributed by atoms with Crippen LogP contribution >= 0.6 is 0 Å². The normalized spacial score (nSPS) is 12.9. The van der Waals surface area contributed by atoms with Gasteiger partial charge in [0.05, 0.1) is 0 Å². The number of nitrogens with zero attached hydrogens (tertiary/aromatic N) is 9. The average Bonchev–Trinajstić information content (AvgIpc) is 3.12. The number of rotatable bonds is 5. The summed E-state index contributed by atoms with van der Waals surface area (Å²) in [4.78, 5) is 45.2. The van der Waals surface area contributed by atoms with E-state index in [2.05, 4.69) is 140 Å². The summed E-state index contributed by atoms with van der Waals surface area (Å²) in [5.41, 5.74) is 4.15. The lowest BCUT2D eigenvalue weighted by molar-refractivity contribution is 0.497. The van der Waals surface area contributed by atoms with Crippen molar-refractivity contribution in [1.82, 2.24) is 44.9 Å². The maximum Gasteiger partial charge on any atom is 0.164 e. The number of hydrogen-bond donors (Lipinski definition) is 0. The van der Waals surface area contributed by atoms with Crippen LogP contribution in [-0.2, 0) is 27.1 Å². The molecule has 9 nitrogen and oxygen atoms in total. The zero-order valence-corrected chi connectivity index (χ0v) is 36.0. The summed E-state index contributed by atoms with van der Waals surface area (Å²) in [5, 5.41) is 0. The maximum atomic E-state index is 5.15. The van der Waals surface area contributed by atoms with E-state index in [4.69, 9.17) is 44.9 Å². The third-order valence-electron chi connectivity index (χ3n) is 9.24. The Balaban J connectivity index is 1.54. The highest BCUT2D eigenvalue weighted by Crippen LogP contribution is 2.37. The zero-order chi connectivity index (χ0) is 41.0. The van der Waals surface area contributed by atoms with Crippen LogP contribution in [0.3, 0.4) is 0 Å². The van der Waals surface area contributed by atoms with Crippen molar-refractivity contribution in [1.29, 1.82) is 0 Å². The molecule has 56 heavy (non-hydrogen) atoms. The van der Waals surface area contributed by atoms with Gasteiger partial charge in [0.15, 0.2) is 23.3 Å². The van der Waals surface area contributed by atoms with Gasteiger partial charge in [-0.3, -0.25) is 0 Å². The van der Waals surface area contributed by atoms with Crippen molar-refractivity contribution in [2.45, 2.75) is 131 Å². The Hall–Kier alpha value is -5.31. The predicted molar refractivity (Wildman–Crippen MR) is 227 cm³/mol. The second-order valence-corrected chi connectivity index (χ2v) is 19.9. The first-order valence-electron chi connectivity index (χ1n) is 19.5. The van der Waals surface area contributed by atoms with Crippen LogP contribution in [0.15, 0.2) is 72.8 Å². The molecule has 0 saturated carbocycles. The van der Waals surface area contributed by atoms with E-state index in [-0.39, 0.29) is 27.1 Å². The first-order valence-corrected chi connectivity index (χ1v) is 19.5. The minimum absolute atomic E-state index is 0.249. The first kappa shape index (κ1) is 40.4. The Morgan fingerprint density at radius 1 is 0.268 bits per heavy atom. The standard InChI is InChI=1S/C47H57N9/c1-43(2,3)38-49-34(29-22-19-23-30(26-29)36-51-39(44(4,5)6)55-40(52-36)45(7,8)9)48-35(50-38)31-24-25-32(33(27-31)28-20-17-16-18-21-28)37-53-41(46(10,11)12)56-42(54-37)47(13,14)15/h16-27H,1-15H3. The van der Waals surface area contributed by atoms with Crippen molar-refractivity contribution in [3.63, 3.8) is 0 Å². The fourth-order valence-electron chi connectivity index (χ4n) is 5.84. The summed E-state index contributed by atoms with van der Waals surface area (Å²) >= 11 is 0. The quantitative estimate of drug-likeness (QED) is 0.170. The van der Waals surface area contributed by atoms with Gasteiger partial charge in [0.25, 0.3) is 0 Å². The van der Waals surface area contributed by atoms with Gasteiger partial charge in [0.2, 0.25) is 0 Å². The lowest BCUT2D eigenvalue weighted by Crippen LogP contribution is -2.24.